The Bertz CT molecular complexity index is 7050. The number of pyridine rings is 4. The molecule has 0 unspecified atom stereocenters. The molecule has 588 valence electrons. The molecule has 0 radical (unpaired) electrons. The summed E-state index contributed by atoms with van der Waals surface area (Å²) in [6, 6.07) is 111. The third-order valence-electron chi connectivity index (χ3n) is 21.7. The second-order valence-electron chi connectivity index (χ2n) is 31.7. The summed E-state index contributed by atoms with van der Waals surface area (Å²) in [5.41, 5.74) is 41.0. The van der Waals surface area contributed by atoms with E-state index in [0.29, 0.717) is 0 Å². The summed E-state index contributed by atoms with van der Waals surface area (Å²) >= 11 is 0. The van der Waals surface area contributed by atoms with Crippen LogP contribution in [0.5, 0.6) is 0 Å². The SMILES string of the molecule is CC(C)(C)c1ccc(-c2nc3ccccc3nc2-c2ccc(-c3ccncc3)cc2)cc1.Cc1cc(C)c(-c2nc3ccccc3nc2-c2ccc(-c3ccncc3)cc2)c(C)c1.Cc1cc(C)cc(-c2nc3ccccc3nc2-c2ccc(-c3ccncc3)cc2)c1.Cc1ccc(-c2nc3ccccc3nc2-c2ccc(-c3cccnc3)cc2)cc1. The fourth-order valence-electron chi connectivity index (χ4n) is 15.5. The summed E-state index contributed by atoms with van der Waals surface area (Å²) in [6.45, 7) is 19.5. The molecule has 0 aliphatic carbocycles. The second-order valence-corrected chi connectivity index (χ2v) is 31.7. The number of nitrogens with zero attached hydrogens (tertiary/aromatic N) is 12. The normalized spacial score (nSPS) is 11.2. The van der Waals surface area contributed by atoms with Crippen molar-refractivity contribution in [1.29, 1.82) is 0 Å². The number of benzene rings is 12. The maximum atomic E-state index is 5.08. The van der Waals surface area contributed by atoms with E-state index in [2.05, 4.69) is 264 Å². The molecule has 12 aromatic carbocycles. The lowest BCUT2D eigenvalue weighted by Gasteiger charge is -2.19. The van der Waals surface area contributed by atoms with Crippen LogP contribution >= 0.6 is 0 Å². The van der Waals surface area contributed by atoms with Crippen LogP contribution in [0.2, 0.25) is 0 Å². The zero-order valence-electron chi connectivity index (χ0n) is 69.6. The maximum Gasteiger partial charge on any atom is 0.0978 e. The molecule has 0 aliphatic heterocycles. The van der Waals surface area contributed by atoms with Gasteiger partial charge < -0.3 is 0 Å². The van der Waals surface area contributed by atoms with Crippen molar-refractivity contribution in [2.24, 2.45) is 0 Å². The van der Waals surface area contributed by atoms with Gasteiger partial charge in [0.25, 0.3) is 0 Å². The lowest BCUT2D eigenvalue weighted by Crippen LogP contribution is -2.10. The van der Waals surface area contributed by atoms with Crippen LogP contribution in [-0.2, 0) is 5.41 Å². The van der Waals surface area contributed by atoms with Gasteiger partial charge in [0.2, 0.25) is 0 Å². The largest absolute Gasteiger partial charge is 0.265 e. The average molecular weight is 1580 g/mol. The van der Waals surface area contributed by atoms with Crippen LogP contribution in [0.25, 0.3) is 179 Å². The Morgan fingerprint density at radius 2 is 0.426 bits per heavy atom. The molecule has 8 aromatic heterocycles. The van der Waals surface area contributed by atoms with Crippen molar-refractivity contribution in [3.05, 3.63) is 410 Å². The molecule has 0 N–H and O–H groups in total. The number of aryl methyl sites for hydroxylation is 6. The molecule has 0 aliphatic rings. The van der Waals surface area contributed by atoms with Crippen LogP contribution in [-0.4, -0.2) is 59.8 Å². The molecular weight excluding hydrogens is 1490 g/mol. The van der Waals surface area contributed by atoms with Crippen LogP contribution in [0.4, 0.5) is 0 Å². The number of hydrogen-bond donors (Lipinski definition) is 0. The van der Waals surface area contributed by atoms with Crippen molar-refractivity contribution >= 4 is 44.1 Å². The molecule has 20 aromatic rings. The Kier molecular flexibility index (Phi) is 23.0. The van der Waals surface area contributed by atoms with Gasteiger partial charge in [-0.05, 0) is 211 Å². The third-order valence-corrected chi connectivity index (χ3v) is 21.7. The van der Waals surface area contributed by atoms with Gasteiger partial charge in [0.15, 0.2) is 0 Å². The van der Waals surface area contributed by atoms with E-state index in [1.807, 2.05) is 183 Å². The summed E-state index contributed by atoms with van der Waals surface area (Å²) in [5.74, 6) is 0. The smallest absolute Gasteiger partial charge is 0.0978 e. The quantitative estimate of drug-likeness (QED) is 0.114. The minimum atomic E-state index is 0.110. The molecule has 8 heterocycles. The summed E-state index contributed by atoms with van der Waals surface area (Å²) in [7, 11) is 0. The van der Waals surface area contributed by atoms with Crippen molar-refractivity contribution in [3.63, 3.8) is 0 Å². The van der Waals surface area contributed by atoms with E-state index in [1.165, 1.54) is 38.9 Å². The lowest BCUT2D eigenvalue weighted by molar-refractivity contribution is 0.590. The second kappa shape index (κ2) is 35.4. The highest BCUT2D eigenvalue weighted by molar-refractivity contribution is 5.92. The van der Waals surface area contributed by atoms with E-state index in [1.54, 1.807) is 6.20 Å². The van der Waals surface area contributed by atoms with Gasteiger partial charge in [0.1, 0.15) is 0 Å². The van der Waals surface area contributed by atoms with Crippen molar-refractivity contribution < 1.29 is 0 Å². The minimum absolute atomic E-state index is 0.110. The molecule has 0 spiro atoms. The zero-order valence-corrected chi connectivity index (χ0v) is 69.6. The van der Waals surface area contributed by atoms with E-state index >= 15 is 0 Å². The number of aromatic nitrogens is 12. The standard InChI is InChI=1S/C29H25N3.C28H23N3.C27H21N3.C26H19N3/c1-29(2,3)24-14-12-23(13-15-24)28-27(31-25-6-4-5-7-26(25)32-28)22-10-8-20(9-11-22)21-16-18-30-19-17-21;1-18-16-19(2)26(20(3)17-18)28-27(30-24-6-4-5-7-25(24)31-28)23-10-8-21(9-11-23)22-12-14-29-15-13-22;1-18-15-19(2)17-23(16-18)27-26(29-24-5-3-4-6-25(24)30-27)22-9-7-20(8-10-22)21-11-13-28-14-12-21;1-18-8-10-20(11-9-18)25-26(29-24-7-3-2-6-23(24)28-25)21-14-12-19(13-15-21)22-5-4-16-27-17-22/h4-19H,1-3H3;4-17H,1-3H3;3-17H,1-2H3;2-17H,1H3. The van der Waals surface area contributed by atoms with E-state index < -0.39 is 0 Å². The molecule has 122 heavy (non-hydrogen) atoms. The predicted octanol–water partition coefficient (Wildman–Crippen LogP) is 27.3. The van der Waals surface area contributed by atoms with E-state index in [-0.39, 0.29) is 5.41 Å². The molecule has 0 atom stereocenters. The van der Waals surface area contributed by atoms with Crippen molar-refractivity contribution in [2.75, 3.05) is 0 Å². The van der Waals surface area contributed by atoms with Crippen LogP contribution in [0, 0.1) is 41.5 Å². The summed E-state index contributed by atoms with van der Waals surface area (Å²) in [6.07, 6.45) is 14.6. The van der Waals surface area contributed by atoms with Crippen LogP contribution in [0.1, 0.15) is 59.7 Å². The van der Waals surface area contributed by atoms with Gasteiger partial charge in [-0.1, -0.05) is 261 Å². The monoisotopic (exact) mass is 1580 g/mol. The molecular formula is C110H88N12. The Morgan fingerprint density at radius 1 is 0.180 bits per heavy atom. The highest BCUT2D eigenvalue weighted by Crippen LogP contribution is 2.40. The van der Waals surface area contributed by atoms with E-state index in [4.69, 9.17) is 39.9 Å². The number of para-hydroxylation sites is 8. The zero-order chi connectivity index (χ0) is 83.6. The van der Waals surface area contributed by atoms with Gasteiger partial charge in [0, 0.05) is 94.1 Å². The first-order valence-electron chi connectivity index (χ1n) is 41.0. The van der Waals surface area contributed by atoms with Crippen molar-refractivity contribution in [1.82, 2.24) is 59.8 Å². The summed E-state index contributed by atoms with van der Waals surface area (Å²) < 4.78 is 0. The average Bonchev–Trinajstić information content (AvgIpc) is 0.780. The Balaban J connectivity index is 0.000000116. The van der Waals surface area contributed by atoms with Crippen LogP contribution in [0.3, 0.4) is 0 Å². The van der Waals surface area contributed by atoms with Gasteiger partial charge in [-0.25, -0.2) is 39.9 Å². The summed E-state index contributed by atoms with van der Waals surface area (Å²) in [4.78, 5) is 56.7. The van der Waals surface area contributed by atoms with Gasteiger partial charge in [-0.15, -0.1) is 0 Å². The highest BCUT2D eigenvalue weighted by Gasteiger charge is 2.22. The number of rotatable bonds is 12. The molecule has 0 saturated carbocycles. The number of hydrogen-bond acceptors (Lipinski definition) is 12. The molecule has 0 amide bonds. The van der Waals surface area contributed by atoms with Gasteiger partial charge in [-0.2, -0.15) is 0 Å². The Labute approximate surface area is 711 Å². The molecule has 0 fully saturated rings. The third kappa shape index (κ3) is 17.9. The van der Waals surface area contributed by atoms with Crippen molar-refractivity contribution in [3.8, 4) is 135 Å². The topological polar surface area (TPSA) is 155 Å². The van der Waals surface area contributed by atoms with Crippen molar-refractivity contribution in [2.45, 2.75) is 67.7 Å². The first kappa shape index (κ1) is 79.1. The molecule has 20 rings (SSSR count). The molecule has 12 nitrogen and oxygen atoms in total. The minimum Gasteiger partial charge on any atom is -0.265 e. The van der Waals surface area contributed by atoms with Gasteiger partial charge in [-0.3, -0.25) is 19.9 Å². The van der Waals surface area contributed by atoms with Crippen LogP contribution in [0.15, 0.2) is 371 Å². The highest BCUT2D eigenvalue weighted by atomic mass is 14.9. The Morgan fingerprint density at radius 3 is 0.721 bits per heavy atom. The molecule has 12 heteroatoms. The lowest BCUT2D eigenvalue weighted by atomic mass is 9.86. The molecule has 0 bridgehead atoms. The van der Waals surface area contributed by atoms with E-state index in [0.717, 1.165) is 179 Å². The fraction of sp³-hybridized carbons (Fsp3) is 0.0909. The maximum absolute atomic E-state index is 5.08. The fourth-order valence-corrected chi connectivity index (χ4v) is 15.5. The molecule has 0 saturated heterocycles. The van der Waals surface area contributed by atoms with E-state index in [9.17, 15) is 0 Å². The van der Waals surface area contributed by atoms with Gasteiger partial charge >= 0.3 is 0 Å². The first-order valence-corrected chi connectivity index (χ1v) is 41.0. The predicted molar refractivity (Wildman–Crippen MR) is 502 cm³/mol. The first-order chi connectivity index (χ1) is 59.5. The summed E-state index contributed by atoms with van der Waals surface area (Å²) in [5, 5.41) is 0. The number of fused-ring (bicyclic) bond motifs is 4. The van der Waals surface area contributed by atoms with Crippen LogP contribution < -0.4 is 0 Å². The Hall–Kier alpha value is -15.4. The van der Waals surface area contributed by atoms with Gasteiger partial charge in [0.05, 0.1) is 89.7 Å².